The molecular formula is C14H17FN2O3. The fraction of sp³-hybridized carbons (Fsp3) is 0.429. The first-order valence-corrected chi connectivity index (χ1v) is 6.59. The van der Waals surface area contributed by atoms with Crippen LogP contribution >= 0.6 is 0 Å². The normalized spacial score (nSPS) is 15.8. The number of piperidine rings is 1. The molecule has 0 spiro atoms. The molecule has 0 aromatic heterocycles. The molecule has 0 saturated carbocycles. The van der Waals surface area contributed by atoms with Gasteiger partial charge in [0.25, 0.3) is 0 Å². The topological polar surface area (TPSA) is 78.4 Å². The minimum absolute atomic E-state index is 0.137. The molecule has 0 radical (unpaired) electrons. The number of carboxylic acid groups (broad SMARTS) is 1. The molecule has 1 aromatic carbocycles. The van der Waals surface area contributed by atoms with E-state index in [1.165, 1.54) is 6.07 Å². The van der Waals surface area contributed by atoms with Crippen LogP contribution in [0.2, 0.25) is 0 Å². The standard InChI is InChI=1S/C14H17FN2O3/c15-10-1-2-12(11(8-10)14(19)20)17-13(18)7-9-3-5-16-6-4-9/h1-2,8-9,16H,3-7H2,(H,17,18)(H,19,20). The monoisotopic (exact) mass is 280 g/mol. The van der Waals surface area contributed by atoms with Gasteiger partial charge in [-0.25, -0.2) is 9.18 Å². The molecule has 0 bridgehead atoms. The minimum Gasteiger partial charge on any atom is -0.478 e. The van der Waals surface area contributed by atoms with E-state index >= 15 is 0 Å². The number of carboxylic acids is 1. The number of benzene rings is 1. The van der Waals surface area contributed by atoms with Crippen molar-refractivity contribution in [2.75, 3.05) is 18.4 Å². The van der Waals surface area contributed by atoms with E-state index in [-0.39, 0.29) is 17.2 Å². The second-order valence-corrected chi connectivity index (χ2v) is 4.94. The molecule has 1 heterocycles. The number of halogens is 1. The van der Waals surface area contributed by atoms with E-state index in [1.54, 1.807) is 0 Å². The molecule has 20 heavy (non-hydrogen) atoms. The third-order valence-corrected chi connectivity index (χ3v) is 3.42. The van der Waals surface area contributed by atoms with Crippen molar-refractivity contribution in [1.29, 1.82) is 0 Å². The third kappa shape index (κ3) is 3.77. The Morgan fingerprint density at radius 2 is 2.05 bits per heavy atom. The fourth-order valence-corrected chi connectivity index (χ4v) is 2.35. The van der Waals surface area contributed by atoms with Crippen molar-refractivity contribution in [3.8, 4) is 0 Å². The van der Waals surface area contributed by atoms with Gasteiger partial charge in [-0.05, 0) is 50.0 Å². The van der Waals surface area contributed by atoms with Crippen LogP contribution in [0.25, 0.3) is 0 Å². The third-order valence-electron chi connectivity index (χ3n) is 3.42. The quantitative estimate of drug-likeness (QED) is 0.786. The molecule has 0 unspecified atom stereocenters. The van der Waals surface area contributed by atoms with E-state index in [0.29, 0.717) is 12.3 Å². The summed E-state index contributed by atoms with van der Waals surface area (Å²) < 4.78 is 13.0. The Kier molecular flexibility index (Phi) is 4.68. The average molecular weight is 280 g/mol. The summed E-state index contributed by atoms with van der Waals surface area (Å²) in [5.74, 6) is -1.82. The Morgan fingerprint density at radius 1 is 1.35 bits per heavy atom. The average Bonchev–Trinajstić information content (AvgIpc) is 2.41. The number of amides is 1. The lowest BCUT2D eigenvalue weighted by Gasteiger charge is -2.22. The molecule has 1 fully saturated rings. The van der Waals surface area contributed by atoms with Gasteiger partial charge in [-0.2, -0.15) is 0 Å². The Morgan fingerprint density at radius 3 is 2.70 bits per heavy atom. The van der Waals surface area contributed by atoms with Crippen molar-refractivity contribution in [2.45, 2.75) is 19.3 Å². The first kappa shape index (κ1) is 14.5. The Labute approximate surface area is 116 Å². The summed E-state index contributed by atoms with van der Waals surface area (Å²) in [5.41, 5.74) is -0.0958. The van der Waals surface area contributed by atoms with E-state index in [4.69, 9.17) is 5.11 Å². The van der Waals surface area contributed by atoms with Crippen LogP contribution in [-0.4, -0.2) is 30.1 Å². The Bertz CT molecular complexity index is 513. The minimum atomic E-state index is -1.26. The van der Waals surface area contributed by atoms with Crippen LogP contribution < -0.4 is 10.6 Å². The molecule has 1 aromatic rings. The summed E-state index contributed by atoms with van der Waals surface area (Å²) in [6.45, 7) is 1.80. The van der Waals surface area contributed by atoms with Crippen LogP contribution in [-0.2, 0) is 4.79 Å². The highest BCUT2D eigenvalue weighted by Crippen LogP contribution is 2.20. The van der Waals surface area contributed by atoms with Gasteiger partial charge < -0.3 is 15.7 Å². The van der Waals surface area contributed by atoms with Crippen LogP contribution in [0, 0.1) is 11.7 Å². The van der Waals surface area contributed by atoms with Gasteiger partial charge in [-0.1, -0.05) is 0 Å². The van der Waals surface area contributed by atoms with Gasteiger partial charge in [0.2, 0.25) is 5.91 Å². The van der Waals surface area contributed by atoms with E-state index in [9.17, 15) is 14.0 Å². The smallest absolute Gasteiger partial charge is 0.337 e. The summed E-state index contributed by atoms with van der Waals surface area (Å²) in [4.78, 5) is 22.9. The zero-order chi connectivity index (χ0) is 14.5. The molecule has 3 N–H and O–H groups in total. The number of nitrogens with one attached hydrogen (secondary N) is 2. The van der Waals surface area contributed by atoms with Gasteiger partial charge in [-0.3, -0.25) is 4.79 Å². The van der Waals surface area contributed by atoms with Crippen LogP contribution in [0.5, 0.6) is 0 Å². The molecule has 5 nitrogen and oxygen atoms in total. The molecule has 1 aliphatic rings. The molecule has 1 saturated heterocycles. The van der Waals surface area contributed by atoms with Crippen molar-refractivity contribution in [2.24, 2.45) is 5.92 Å². The van der Waals surface area contributed by atoms with E-state index in [1.807, 2.05) is 0 Å². The lowest BCUT2D eigenvalue weighted by Crippen LogP contribution is -2.30. The number of aromatic carboxylic acids is 1. The summed E-state index contributed by atoms with van der Waals surface area (Å²) in [5, 5.41) is 14.8. The van der Waals surface area contributed by atoms with Gasteiger partial charge in [0.15, 0.2) is 0 Å². The molecule has 1 aliphatic heterocycles. The fourth-order valence-electron chi connectivity index (χ4n) is 2.35. The van der Waals surface area contributed by atoms with Gasteiger partial charge in [0, 0.05) is 6.42 Å². The molecule has 1 amide bonds. The van der Waals surface area contributed by atoms with Crippen molar-refractivity contribution in [1.82, 2.24) is 5.32 Å². The van der Waals surface area contributed by atoms with Crippen LogP contribution in [0.4, 0.5) is 10.1 Å². The van der Waals surface area contributed by atoms with Gasteiger partial charge in [0.1, 0.15) is 5.82 Å². The van der Waals surface area contributed by atoms with E-state index in [0.717, 1.165) is 38.1 Å². The molecule has 0 aliphatic carbocycles. The first-order chi connectivity index (χ1) is 9.56. The Hall–Kier alpha value is -1.95. The van der Waals surface area contributed by atoms with E-state index in [2.05, 4.69) is 10.6 Å². The van der Waals surface area contributed by atoms with Crippen LogP contribution in [0.3, 0.4) is 0 Å². The van der Waals surface area contributed by atoms with Crippen molar-refractivity contribution >= 4 is 17.6 Å². The maximum Gasteiger partial charge on any atom is 0.337 e. The van der Waals surface area contributed by atoms with Crippen molar-refractivity contribution in [3.63, 3.8) is 0 Å². The summed E-state index contributed by atoms with van der Waals surface area (Å²) in [7, 11) is 0. The highest BCUT2D eigenvalue weighted by Gasteiger charge is 2.18. The maximum atomic E-state index is 13.0. The second-order valence-electron chi connectivity index (χ2n) is 4.94. The highest BCUT2D eigenvalue weighted by molar-refractivity contribution is 6.00. The lowest BCUT2D eigenvalue weighted by molar-refractivity contribution is -0.117. The summed E-state index contributed by atoms with van der Waals surface area (Å²) in [6.07, 6.45) is 2.23. The largest absolute Gasteiger partial charge is 0.478 e. The predicted molar refractivity (Wildman–Crippen MR) is 72.2 cm³/mol. The molecule has 6 heteroatoms. The first-order valence-electron chi connectivity index (χ1n) is 6.59. The SMILES string of the molecule is O=C(CC1CCNCC1)Nc1ccc(F)cc1C(=O)O. The molecular weight excluding hydrogens is 263 g/mol. The summed E-state index contributed by atoms with van der Waals surface area (Å²) in [6, 6.07) is 3.31. The van der Waals surface area contributed by atoms with Crippen molar-refractivity contribution < 1.29 is 19.1 Å². The van der Waals surface area contributed by atoms with Gasteiger partial charge in [0.05, 0.1) is 11.3 Å². The number of anilines is 1. The lowest BCUT2D eigenvalue weighted by atomic mass is 9.94. The zero-order valence-electron chi connectivity index (χ0n) is 11.0. The predicted octanol–water partition coefficient (Wildman–Crippen LogP) is 1.85. The van der Waals surface area contributed by atoms with Crippen LogP contribution in [0.1, 0.15) is 29.6 Å². The number of rotatable bonds is 4. The molecule has 2 rings (SSSR count). The number of hydrogen-bond donors (Lipinski definition) is 3. The second kappa shape index (κ2) is 6.47. The van der Waals surface area contributed by atoms with Gasteiger partial charge in [-0.15, -0.1) is 0 Å². The van der Waals surface area contributed by atoms with Crippen LogP contribution in [0.15, 0.2) is 18.2 Å². The number of carbonyl (C=O) groups is 2. The number of carbonyl (C=O) groups excluding carboxylic acids is 1. The van der Waals surface area contributed by atoms with Gasteiger partial charge >= 0.3 is 5.97 Å². The Balaban J connectivity index is 2.01. The highest BCUT2D eigenvalue weighted by atomic mass is 19.1. The van der Waals surface area contributed by atoms with E-state index < -0.39 is 11.8 Å². The summed E-state index contributed by atoms with van der Waals surface area (Å²) >= 11 is 0. The van der Waals surface area contributed by atoms with Crippen molar-refractivity contribution in [3.05, 3.63) is 29.6 Å². The zero-order valence-corrected chi connectivity index (χ0v) is 11.0. The molecule has 0 atom stereocenters. The maximum absolute atomic E-state index is 13.0. The molecule has 108 valence electrons. The number of hydrogen-bond acceptors (Lipinski definition) is 3.